The van der Waals surface area contributed by atoms with Crippen LogP contribution in [0.15, 0.2) is 48.5 Å². The predicted octanol–water partition coefficient (Wildman–Crippen LogP) is 7.83. The lowest BCUT2D eigenvalue weighted by molar-refractivity contribution is -0.158. The van der Waals surface area contributed by atoms with Crippen LogP contribution in [0, 0.1) is 5.92 Å². The Hall–Kier alpha value is -3.21. The Labute approximate surface area is 225 Å². The van der Waals surface area contributed by atoms with Crippen LogP contribution in [0.5, 0.6) is 0 Å². The van der Waals surface area contributed by atoms with Gasteiger partial charge in [-0.05, 0) is 77.9 Å². The minimum atomic E-state index is -0.460. The van der Waals surface area contributed by atoms with Gasteiger partial charge in [0.2, 0.25) is 0 Å². The van der Waals surface area contributed by atoms with E-state index < -0.39 is 12.0 Å². The third-order valence-corrected chi connectivity index (χ3v) is 8.40. The molecule has 0 spiro atoms. The maximum atomic E-state index is 13.7. The monoisotopic (exact) mass is 513 g/mol. The highest BCUT2D eigenvalue weighted by atomic mass is 16.5. The fourth-order valence-electron chi connectivity index (χ4n) is 6.26. The molecule has 1 heterocycles. The second kappa shape index (κ2) is 11.7. The lowest BCUT2D eigenvalue weighted by Crippen LogP contribution is -2.49. The van der Waals surface area contributed by atoms with Gasteiger partial charge in [-0.25, -0.2) is 0 Å². The first-order valence-electron chi connectivity index (χ1n) is 14.6. The number of hydrogen-bond donors (Lipinski definition) is 0. The number of nitrogens with zero attached hydrogens (tertiary/aromatic N) is 1. The number of amides is 2. The molecule has 0 unspecified atom stereocenters. The number of esters is 1. The normalized spacial score (nSPS) is 20.2. The Bertz CT molecular complexity index is 1270. The van der Waals surface area contributed by atoms with Crippen LogP contribution in [0.1, 0.15) is 105 Å². The third-order valence-electron chi connectivity index (χ3n) is 8.40. The second-order valence-corrected chi connectivity index (χ2v) is 11.1. The molecule has 1 aliphatic heterocycles. The summed E-state index contributed by atoms with van der Waals surface area (Å²) in [7, 11) is 0. The molecule has 0 aromatic heterocycles. The Balaban J connectivity index is 1.39. The highest BCUT2D eigenvalue weighted by Gasteiger charge is 2.46. The molecule has 5 nitrogen and oxygen atoms in total. The van der Waals surface area contributed by atoms with E-state index in [4.69, 9.17) is 4.74 Å². The van der Waals surface area contributed by atoms with Crippen molar-refractivity contribution < 1.29 is 19.1 Å². The Morgan fingerprint density at radius 1 is 0.816 bits per heavy atom. The maximum absolute atomic E-state index is 13.7. The fourth-order valence-corrected chi connectivity index (χ4v) is 6.26. The van der Waals surface area contributed by atoms with E-state index in [1.165, 1.54) is 4.90 Å². The first kappa shape index (κ1) is 26.4. The van der Waals surface area contributed by atoms with E-state index in [0.717, 1.165) is 79.3 Å². The van der Waals surface area contributed by atoms with Crippen molar-refractivity contribution in [2.75, 3.05) is 0 Å². The van der Waals surface area contributed by atoms with E-state index in [0.29, 0.717) is 24.0 Å². The zero-order chi connectivity index (χ0) is 26.6. The molecule has 3 aromatic carbocycles. The molecule has 5 rings (SSSR count). The minimum absolute atomic E-state index is 0.0850. The van der Waals surface area contributed by atoms with E-state index in [1.54, 1.807) is 0 Å². The van der Waals surface area contributed by atoms with Crippen LogP contribution < -0.4 is 0 Å². The van der Waals surface area contributed by atoms with E-state index in [-0.39, 0.29) is 23.9 Å². The van der Waals surface area contributed by atoms with Crippen LogP contribution in [-0.4, -0.2) is 34.8 Å². The highest BCUT2D eigenvalue weighted by Crippen LogP contribution is 2.37. The minimum Gasteiger partial charge on any atom is -0.462 e. The molecule has 5 heteroatoms. The van der Waals surface area contributed by atoms with Crippen molar-refractivity contribution in [2.24, 2.45) is 5.92 Å². The molecule has 1 aliphatic carbocycles. The van der Waals surface area contributed by atoms with Crippen molar-refractivity contribution in [2.45, 2.75) is 96.6 Å². The van der Waals surface area contributed by atoms with Crippen molar-refractivity contribution in [1.29, 1.82) is 0 Å². The molecule has 200 valence electrons. The quantitative estimate of drug-likeness (QED) is 0.120. The second-order valence-electron chi connectivity index (χ2n) is 11.1. The molecule has 3 aromatic rings. The summed E-state index contributed by atoms with van der Waals surface area (Å²) in [5.74, 6) is -1.26. The summed E-state index contributed by atoms with van der Waals surface area (Å²) in [6, 6.07) is 15.5. The van der Waals surface area contributed by atoms with Gasteiger partial charge in [0.25, 0.3) is 11.8 Å². The molecular weight excluding hydrogens is 474 g/mol. The van der Waals surface area contributed by atoms with Gasteiger partial charge in [0, 0.05) is 0 Å². The van der Waals surface area contributed by atoms with Gasteiger partial charge in [0.15, 0.2) is 0 Å². The fraction of sp³-hybridized carbons (Fsp3) is 0.485. The average Bonchev–Trinajstić information content (AvgIpc) is 3.17. The number of hydrogen-bond acceptors (Lipinski definition) is 4. The smallest absolute Gasteiger partial charge is 0.311 e. The van der Waals surface area contributed by atoms with E-state index >= 15 is 0 Å². The number of rotatable bonds is 10. The van der Waals surface area contributed by atoms with Gasteiger partial charge in [-0.3, -0.25) is 19.3 Å². The zero-order valence-electron chi connectivity index (χ0n) is 22.7. The molecule has 1 saturated carbocycles. The Morgan fingerprint density at radius 3 is 2.00 bits per heavy atom. The largest absolute Gasteiger partial charge is 0.462 e. The van der Waals surface area contributed by atoms with Gasteiger partial charge in [-0.2, -0.15) is 0 Å². The van der Waals surface area contributed by atoms with Crippen LogP contribution in [0.25, 0.3) is 21.5 Å². The van der Waals surface area contributed by atoms with Gasteiger partial charge >= 0.3 is 5.97 Å². The average molecular weight is 514 g/mol. The first-order valence-corrected chi connectivity index (χ1v) is 14.6. The molecule has 0 N–H and O–H groups in total. The molecule has 0 saturated heterocycles. The van der Waals surface area contributed by atoms with Gasteiger partial charge in [0.05, 0.1) is 23.1 Å². The number of carbonyl (C=O) groups excluding carboxylic acids is 3. The molecule has 0 bridgehead atoms. The topological polar surface area (TPSA) is 63.7 Å². The van der Waals surface area contributed by atoms with Crippen LogP contribution >= 0.6 is 0 Å². The summed E-state index contributed by atoms with van der Waals surface area (Å²) in [5, 5.41) is 4.08. The van der Waals surface area contributed by atoms with Crippen molar-refractivity contribution >= 4 is 39.3 Å². The number of imide groups is 1. The molecular formula is C33H39NO4. The first-order chi connectivity index (χ1) is 18.5. The van der Waals surface area contributed by atoms with Gasteiger partial charge in [-0.1, -0.05) is 76.6 Å². The highest BCUT2D eigenvalue weighted by molar-refractivity contribution is 6.23. The summed E-state index contributed by atoms with van der Waals surface area (Å²) in [6.45, 7) is 4.32. The summed E-state index contributed by atoms with van der Waals surface area (Å²) >= 11 is 0. The standard InChI is InChI=1S/C33H39NO4/c1-3-5-7-15-26(14-6-4-2)38-33(37)27-16-10-11-17-30(27)34-31(35)28-20-24-18-22-12-8-9-13-23(22)19-25(24)21-29(28)32(34)36/h8-9,12-13,18-21,26-27,30H,3-7,10-11,14-17H2,1-2H3/t26-,27-,30-/m1/s1. The van der Waals surface area contributed by atoms with Gasteiger partial charge in [0.1, 0.15) is 6.10 Å². The lowest BCUT2D eigenvalue weighted by atomic mass is 9.83. The molecule has 1 fully saturated rings. The van der Waals surface area contributed by atoms with Gasteiger partial charge < -0.3 is 4.74 Å². The van der Waals surface area contributed by atoms with E-state index in [9.17, 15) is 14.4 Å². The SMILES string of the molecule is CCCCC[C@@H](CCCC)OC(=O)[C@@H]1CCCC[C@H]1N1C(=O)c2cc3cc4ccccc4cc3cc2C1=O. The molecule has 0 radical (unpaired) electrons. The van der Waals surface area contributed by atoms with Crippen molar-refractivity contribution in [3.8, 4) is 0 Å². The summed E-state index contributed by atoms with van der Waals surface area (Å²) in [6.07, 6.45) is 10.2. The molecule has 2 aliphatic rings. The zero-order valence-corrected chi connectivity index (χ0v) is 22.7. The number of unbranched alkanes of at least 4 members (excludes halogenated alkanes) is 3. The third kappa shape index (κ3) is 5.21. The van der Waals surface area contributed by atoms with E-state index in [1.807, 2.05) is 24.3 Å². The molecule has 2 amide bonds. The lowest BCUT2D eigenvalue weighted by Gasteiger charge is -2.36. The van der Waals surface area contributed by atoms with E-state index in [2.05, 4.69) is 38.1 Å². The van der Waals surface area contributed by atoms with Crippen LogP contribution in [0.4, 0.5) is 0 Å². The number of carbonyl (C=O) groups is 3. The summed E-state index contributed by atoms with van der Waals surface area (Å²) < 4.78 is 6.09. The van der Waals surface area contributed by atoms with Crippen molar-refractivity contribution in [1.82, 2.24) is 4.90 Å². The maximum Gasteiger partial charge on any atom is 0.311 e. The van der Waals surface area contributed by atoms with Crippen LogP contribution in [-0.2, 0) is 9.53 Å². The molecule has 38 heavy (non-hydrogen) atoms. The van der Waals surface area contributed by atoms with Crippen molar-refractivity contribution in [3.05, 3.63) is 59.7 Å². The predicted molar refractivity (Wildman–Crippen MR) is 151 cm³/mol. The summed E-state index contributed by atoms with van der Waals surface area (Å²) in [5.41, 5.74) is 0.881. The number of benzene rings is 3. The van der Waals surface area contributed by atoms with Gasteiger partial charge in [-0.15, -0.1) is 0 Å². The number of fused-ring (bicyclic) bond motifs is 3. The van der Waals surface area contributed by atoms with Crippen LogP contribution in [0.3, 0.4) is 0 Å². The van der Waals surface area contributed by atoms with Crippen molar-refractivity contribution in [3.63, 3.8) is 0 Å². The van der Waals surface area contributed by atoms with Crippen LogP contribution in [0.2, 0.25) is 0 Å². The Kier molecular flexibility index (Phi) is 8.11. The number of ether oxygens (including phenoxy) is 1. The molecule has 3 atom stereocenters. The summed E-state index contributed by atoms with van der Waals surface area (Å²) in [4.78, 5) is 42.2. The Morgan fingerprint density at radius 2 is 1.39 bits per heavy atom.